The van der Waals surface area contributed by atoms with Gasteiger partial charge in [-0.05, 0) is 56.4 Å². The number of hydrogen-bond acceptors (Lipinski definition) is 6. The normalized spacial score (nSPS) is 25.4. The predicted molar refractivity (Wildman–Crippen MR) is 166 cm³/mol. The number of likely N-dealkylation sites (tertiary alicyclic amines) is 1. The van der Waals surface area contributed by atoms with Crippen molar-refractivity contribution < 1.29 is 24.0 Å². The Bertz CT molecular complexity index is 1220. The molecule has 1 aromatic rings. The summed E-state index contributed by atoms with van der Waals surface area (Å²) in [6.45, 7) is 6.94. The maximum absolute atomic E-state index is 14.4. The number of nitrogens with one attached hydrogen (secondary N) is 4. The first-order valence-electron chi connectivity index (χ1n) is 16.5. The van der Waals surface area contributed by atoms with E-state index in [1.165, 1.54) is 0 Å². The molecule has 5 atom stereocenters. The number of nitrogens with zero attached hydrogens (tertiary/aromatic N) is 1. The van der Waals surface area contributed by atoms with Crippen LogP contribution in [-0.2, 0) is 24.0 Å². The lowest BCUT2D eigenvalue weighted by atomic mass is 9.91. The summed E-state index contributed by atoms with van der Waals surface area (Å²) in [5.74, 6) is -1.65. The molecule has 4 N–H and O–H groups in total. The lowest BCUT2D eigenvalue weighted by Crippen LogP contribution is -2.57. The van der Waals surface area contributed by atoms with Gasteiger partial charge in [0.2, 0.25) is 23.5 Å². The maximum atomic E-state index is 14.4. The molecule has 1 aromatic carbocycles. The van der Waals surface area contributed by atoms with Crippen LogP contribution < -0.4 is 21.3 Å². The second-order valence-corrected chi connectivity index (χ2v) is 14.3. The molecule has 0 unspecified atom stereocenters. The van der Waals surface area contributed by atoms with Crippen LogP contribution in [0.1, 0.15) is 90.0 Å². The largest absolute Gasteiger partial charge is 0.356 e. The van der Waals surface area contributed by atoms with Crippen molar-refractivity contribution in [1.82, 2.24) is 26.2 Å². The van der Waals surface area contributed by atoms with Crippen molar-refractivity contribution in [3.05, 3.63) is 35.9 Å². The summed E-state index contributed by atoms with van der Waals surface area (Å²) >= 11 is 0. The van der Waals surface area contributed by atoms with E-state index in [1.54, 1.807) is 0 Å². The van der Waals surface area contributed by atoms with Gasteiger partial charge in [-0.1, -0.05) is 63.9 Å². The SMILES string of the molecule is CC(C)(C)C(=O)N[C@H](C(=O)N1C[C@H](c2ccccc2)C[C@H]1CN[C@@H](C[C@@H]1CCNC1=O)C(=O)C(=O)NC1CC1)C1CCCC1. The third-order valence-corrected chi connectivity index (χ3v) is 9.81. The van der Waals surface area contributed by atoms with Gasteiger partial charge in [0.1, 0.15) is 6.04 Å². The van der Waals surface area contributed by atoms with Crippen LogP contribution in [0.2, 0.25) is 0 Å². The Kier molecular flexibility index (Phi) is 10.1. The fraction of sp³-hybridized carbons (Fsp3) is 0.676. The molecule has 240 valence electrons. The van der Waals surface area contributed by atoms with Crippen molar-refractivity contribution in [3.63, 3.8) is 0 Å². The molecule has 10 heteroatoms. The summed E-state index contributed by atoms with van der Waals surface area (Å²) in [5.41, 5.74) is 0.514. The van der Waals surface area contributed by atoms with Gasteiger partial charge in [-0.2, -0.15) is 0 Å². The third-order valence-electron chi connectivity index (χ3n) is 9.81. The molecule has 4 fully saturated rings. The molecule has 2 heterocycles. The molecule has 10 nitrogen and oxygen atoms in total. The number of ketones is 1. The molecule has 44 heavy (non-hydrogen) atoms. The molecular weight excluding hydrogens is 558 g/mol. The third kappa shape index (κ3) is 7.86. The average Bonchev–Trinajstić information content (AvgIpc) is 3.35. The maximum Gasteiger partial charge on any atom is 0.289 e. The number of carbonyl (C=O) groups excluding carboxylic acids is 5. The summed E-state index contributed by atoms with van der Waals surface area (Å²) in [6.07, 6.45) is 7.16. The molecule has 5 rings (SSSR count). The molecule has 2 saturated carbocycles. The lowest BCUT2D eigenvalue weighted by Gasteiger charge is -2.34. The number of Topliss-reactive ketones (excluding diaryl/α,β-unsaturated/α-hetero) is 1. The zero-order valence-corrected chi connectivity index (χ0v) is 26.4. The summed E-state index contributed by atoms with van der Waals surface area (Å²) < 4.78 is 0. The highest BCUT2D eigenvalue weighted by atomic mass is 16.2. The minimum atomic E-state index is -0.832. The van der Waals surface area contributed by atoms with Crippen molar-refractivity contribution in [3.8, 4) is 0 Å². The molecule has 2 aliphatic carbocycles. The molecule has 4 amide bonds. The zero-order valence-electron chi connectivity index (χ0n) is 26.4. The Hall–Kier alpha value is -3.27. The van der Waals surface area contributed by atoms with Crippen LogP contribution in [0, 0.1) is 17.3 Å². The molecule has 2 aliphatic heterocycles. The van der Waals surface area contributed by atoms with E-state index in [1.807, 2.05) is 43.9 Å². The van der Waals surface area contributed by atoms with Crippen molar-refractivity contribution >= 4 is 29.4 Å². The highest BCUT2D eigenvalue weighted by molar-refractivity contribution is 6.38. The average molecular weight is 608 g/mol. The number of carbonyl (C=O) groups is 5. The van der Waals surface area contributed by atoms with E-state index in [0.717, 1.165) is 44.1 Å². The Morgan fingerprint density at radius 1 is 1.00 bits per heavy atom. The molecule has 2 saturated heterocycles. The van der Waals surface area contributed by atoms with Gasteiger partial charge < -0.3 is 26.2 Å². The molecular formula is C34H49N5O5. The topological polar surface area (TPSA) is 137 Å². The summed E-state index contributed by atoms with van der Waals surface area (Å²) in [4.78, 5) is 68.0. The van der Waals surface area contributed by atoms with Gasteiger partial charge in [-0.15, -0.1) is 0 Å². The van der Waals surface area contributed by atoms with Gasteiger partial charge in [0.05, 0.1) is 6.04 Å². The Morgan fingerprint density at radius 3 is 2.32 bits per heavy atom. The van der Waals surface area contributed by atoms with Crippen molar-refractivity contribution in [2.24, 2.45) is 17.3 Å². The predicted octanol–water partition coefficient (Wildman–Crippen LogP) is 2.42. The quantitative estimate of drug-likeness (QED) is 0.270. The van der Waals surface area contributed by atoms with E-state index in [9.17, 15) is 24.0 Å². The van der Waals surface area contributed by atoms with Crippen LogP contribution in [-0.4, -0.2) is 78.1 Å². The van der Waals surface area contributed by atoms with Gasteiger partial charge in [0.15, 0.2) is 0 Å². The van der Waals surface area contributed by atoms with E-state index < -0.39 is 29.2 Å². The highest BCUT2D eigenvalue weighted by Gasteiger charge is 2.43. The van der Waals surface area contributed by atoms with E-state index in [2.05, 4.69) is 33.4 Å². The smallest absolute Gasteiger partial charge is 0.289 e. The molecule has 0 spiro atoms. The fourth-order valence-electron chi connectivity index (χ4n) is 6.91. The highest BCUT2D eigenvalue weighted by Crippen LogP contribution is 2.35. The Balaban J connectivity index is 1.36. The zero-order chi connectivity index (χ0) is 31.4. The number of hydrogen-bond donors (Lipinski definition) is 4. The van der Waals surface area contributed by atoms with E-state index in [0.29, 0.717) is 32.5 Å². The molecule has 0 bridgehead atoms. The number of rotatable bonds is 12. The van der Waals surface area contributed by atoms with Gasteiger partial charge in [0, 0.05) is 49.0 Å². The second-order valence-electron chi connectivity index (χ2n) is 14.3. The second kappa shape index (κ2) is 13.8. The van der Waals surface area contributed by atoms with Crippen molar-refractivity contribution in [2.75, 3.05) is 19.6 Å². The van der Waals surface area contributed by atoms with Crippen LogP contribution >= 0.6 is 0 Å². The summed E-state index contributed by atoms with van der Waals surface area (Å²) in [6, 6.07) is 8.48. The van der Waals surface area contributed by atoms with Crippen molar-refractivity contribution in [2.45, 2.75) is 109 Å². The molecule has 0 aromatic heterocycles. The minimum absolute atomic E-state index is 0.0484. The summed E-state index contributed by atoms with van der Waals surface area (Å²) in [7, 11) is 0. The number of amides is 4. The first kappa shape index (κ1) is 32.1. The Labute approximate surface area is 260 Å². The van der Waals surface area contributed by atoms with Gasteiger partial charge in [0.25, 0.3) is 5.91 Å². The number of benzene rings is 1. The van der Waals surface area contributed by atoms with E-state index in [-0.39, 0.29) is 54.0 Å². The van der Waals surface area contributed by atoms with Crippen LogP contribution in [0.4, 0.5) is 0 Å². The summed E-state index contributed by atoms with van der Waals surface area (Å²) in [5, 5.41) is 12.1. The van der Waals surface area contributed by atoms with Crippen LogP contribution in [0.15, 0.2) is 30.3 Å². The van der Waals surface area contributed by atoms with Gasteiger partial charge in [-0.25, -0.2) is 0 Å². The lowest BCUT2D eigenvalue weighted by molar-refractivity contribution is -0.141. The van der Waals surface area contributed by atoms with Crippen LogP contribution in [0.3, 0.4) is 0 Å². The standard InChI is InChI=1S/C34H49N5O5/c1-34(2,3)33(44)38-28(22-11-7-8-12-22)32(43)39-20-24(21-9-5-4-6-10-21)17-26(39)19-36-27(18-23-15-16-35-30(23)41)29(40)31(42)37-25-13-14-25/h4-6,9-10,22-28,36H,7-8,11-20H2,1-3H3,(H,35,41)(H,37,42)(H,38,44)/t23-,24+,26-,27-,28-/m0/s1. The fourth-order valence-corrected chi connectivity index (χ4v) is 6.91. The van der Waals surface area contributed by atoms with E-state index >= 15 is 0 Å². The van der Waals surface area contributed by atoms with Crippen molar-refractivity contribution in [1.29, 1.82) is 0 Å². The first-order chi connectivity index (χ1) is 21.0. The molecule has 4 aliphatic rings. The van der Waals surface area contributed by atoms with Crippen LogP contribution in [0.5, 0.6) is 0 Å². The minimum Gasteiger partial charge on any atom is -0.356 e. The Morgan fingerprint density at radius 2 is 1.70 bits per heavy atom. The molecule has 0 radical (unpaired) electrons. The van der Waals surface area contributed by atoms with E-state index in [4.69, 9.17) is 0 Å². The van der Waals surface area contributed by atoms with Gasteiger partial charge >= 0.3 is 0 Å². The van der Waals surface area contributed by atoms with Gasteiger partial charge in [-0.3, -0.25) is 24.0 Å². The first-order valence-corrected chi connectivity index (χ1v) is 16.5. The monoisotopic (exact) mass is 607 g/mol. The van der Waals surface area contributed by atoms with Crippen LogP contribution in [0.25, 0.3) is 0 Å².